The van der Waals surface area contributed by atoms with E-state index in [4.69, 9.17) is 16.3 Å². The van der Waals surface area contributed by atoms with Crippen molar-refractivity contribution in [3.05, 3.63) is 41.3 Å². The van der Waals surface area contributed by atoms with Crippen LogP contribution in [0.1, 0.15) is 0 Å². The summed E-state index contributed by atoms with van der Waals surface area (Å²) in [5.41, 5.74) is -0.560. The van der Waals surface area contributed by atoms with E-state index in [0.717, 1.165) is 23.8 Å². The van der Waals surface area contributed by atoms with Crippen molar-refractivity contribution in [3.8, 4) is 6.01 Å². The zero-order chi connectivity index (χ0) is 19.8. The Bertz CT molecular complexity index is 1140. The van der Waals surface area contributed by atoms with Gasteiger partial charge in [0, 0.05) is 6.07 Å². The van der Waals surface area contributed by atoms with Gasteiger partial charge in [-0.25, -0.2) is 9.18 Å². The number of nitrogens with zero attached hydrogens (tertiary/aromatic N) is 5. The summed E-state index contributed by atoms with van der Waals surface area (Å²) in [5.74, 6) is -0.961. The number of benzene rings is 1. The number of amides is 1. The van der Waals surface area contributed by atoms with Gasteiger partial charge in [-0.2, -0.15) is 27.2 Å². The molecule has 0 unspecified atom stereocenters. The molecule has 3 rings (SSSR count). The van der Waals surface area contributed by atoms with Gasteiger partial charge in [0.2, 0.25) is 0 Å². The number of hydrogen-bond acceptors (Lipinski definition) is 8. The van der Waals surface area contributed by atoms with Crippen LogP contribution in [0.3, 0.4) is 0 Å². The second-order valence-corrected chi connectivity index (χ2v) is 6.99. The average Bonchev–Trinajstić information content (AvgIpc) is 3.07. The molecule has 10 nitrogen and oxygen atoms in total. The van der Waals surface area contributed by atoms with Crippen molar-refractivity contribution >= 4 is 39.1 Å². The Balaban J connectivity index is 2.22. The number of hydrogen-bond donors (Lipinski definition) is 0. The molecule has 1 amide bonds. The first kappa shape index (κ1) is 18.8. The first-order valence-electron chi connectivity index (χ1n) is 7.14. The van der Waals surface area contributed by atoms with E-state index < -0.39 is 32.8 Å². The molecule has 0 aliphatic rings. The summed E-state index contributed by atoms with van der Waals surface area (Å²) in [6, 6.07) is 5.88. The molecule has 0 saturated heterocycles. The Morgan fingerprint density at radius 2 is 1.96 bits per heavy atom. The summed E-state index contributed by atoms with van der Waals surface area (Å²) in [6.07, 6.45) is -1.35. The highest BCUT2D eigenvalue weighted by Crippen LogP contribution is 2.27. The molecule has 3 aromatic rings. The molecule has 0 N–H and O–H groups in total. The van der Waals surface area contributed by atoms with Gasteiger partial charge in [0.15, 0.2) is 5.65 Å². The molecule has 0 spiro atoms. The fourth-order valence-corrected chi connectivity index (χ4v) is 3.57. The van der Waals surface area contributed by atoms with E-state index in [9.17, 15) is 17.6 Å². The van der Waals surface area contributed by atoms with E-state index >= 15 is 0 Å². The van der Waals surface area contributed by atoms with Gasteiger partial charge >= 0.3 is 22.1 Å². The number of carbonyl (C=O) groups excluding carboxylic acids is 1. The summed E-state index contributed by atoms with van der Waals surface area (Å²) in [5, 5.41) is 2.96. The van der Waals surface area contributed by atoms with Crippen LogP contribution in [-0.4, -0.2) is 48.3 Å². The van der Waals surface area contributed by atoms with Gasteiger partial charge in [-0.15, -0.1) is 5.10 Å². The van der Waals surface area contributed by atoms with Crippen LogP contribution in [0, 0.1) is 5.82 Å². The second-order valence-electron chi connectivity index (χ2n) is 4.92. The summed E-state index contributed by atoms with van der Waals surface area (Å²) < 4.78 is 50.6. The summed E-state index contributed by atoms with van der Waals surface area (Å²) in [6.45, 7) is 0. The first-order valence-corrected chi connectivity index (χ1v) is 8.96. The number of halogens is 2. The van der Waals surface area contributed by atoms with Gasteiger partial charge in [-0.1, -0.05) is 23.7 Å². The van der Waals surface area contributed by atoms with Crippen molar-refractivity contribution in [1.29, 1.82) is 0 Å². The largest absolute Gasteiger partial charge is 0.467 e. The molecule has 27 heavy (non-hydrogen) atoms. The van der Waals surface area contributed by atoms with Gasteiger partial charge in [0.25, 0.3) is 5.16 Å². The number of sulfonamides is 1. The third-order valence-corrected chi connectivity index (χ3v) is 4.96. The highest BCUT2D eigenvalue weighted by atomic mass is 35.5. The number of ether oxygens (including phenoxy) is 2. The van der Waals surface area contributed by atoms with Crippen LogP contribution >= 0.6 is 11.6 Å². The molecule has 0 saturated carbocycles. The number of para-hydroxylation sites is 1. The van der Waals surface area contributed by atoms with Crippen LogP contribution < -0.4 is 9.04 Å². The molecule has 2 aromatic heterocycles. The summed E-state index contributed by atoms with van der Waals surface area (Å²) in [7, 11) is -2.51. The third kappa shape index (κ3) is 3.24. The maximum Gasteiger partial charge on any atom is 0.428 e. The Labute approximate surface area is 157 Å². The van der Waals surface area contributed by atoms with Crippen LogP contribution in [0.15, 0.2) is 35.5 Å². The molecule has 0 aliphatic carbocycles. The Kier molecular flexibility index (Phi) is 4.85. The summed E-state index contributed by atoms with van der Waals surface area (Å²) >= 11 is 5.82. The average molecular weight is 416 g/mol. The van der Waals surface area contributed by atoms with Crippen molar-refractivity contribution < 1.29 is 27.1 Å². The van der Waals surface area contributed by atoms with Crippen molar-refractivity contribution in [2.24, 2.45) is 0 Å². The van der Waals surface area contributed by atoms with Crippen LogP contribution in [0.5, 0.6) is 6.01 Å². The maximum absolute atomic E-state index is 14.2. The number of anilines is 1. The van der Waals surface area contributed by atoms with Crippen LogP contribution in [0.4, 0.5) is 14.9 Å². The standard InChI is InChI=1S/C14H11ClFN5O5S/c1-25-13-17-10(15)7-11-18-12(19-20(11)13)27(23,24)21(14(22)26-2)9-6-4-3-5-8(9)16/h3-7H,1-2H3. The molecular formula is C14H11ClFN5O5S. The first-order chi connectivity index (χ1) is 12.8. The SMILES string of the molecule is COC(=O)N(c1ccccc1F)S(=O)(=O)c1nc2cc(Cl)nc(OC)n2n1. The normalized spacial score (nSPS) is 11.4. The fourth-order valence-electron chi connectivity index (χ4n) is 2.16. The predicted molar refractivity (Wildman–Crippen MR) is 90.8 cm³/mol. The number of fused-ring (bicyclic) bond motifs is 1. The molecule has 13 heteroatoms. The predicted octanol–water partition coefficient (Wildman–Crippen LogP) is 1.89. The Morgan fingerprint density at radius 1 is 1.26 bits per heavy atom. The van der Waals surface area contributed by atoms with Gasteiger partial charge in [-0.05, 0) is 12.1 Å². The van der Waals surface area contributed by atoms with Gasteiger partial charge in [0.1, 0.15) is 11.0 Å². The maximum atomic E-state index is 14.2. The highest BCUT2D eigenvalue weighted by Gasteiger charge is 2.37. The lowest BCUT2D eigenvalue weighted by atomic mass is 10.3. The quantitative estimate of drug-likeness (QED) is 0.593. The number of methoxy groups -OCH3 is 2. The third-order valence-electron chi connectivity index (χ3n) is 3.31. The lowest BCUT2D eigenvalue weighted by Crippen LogP contribution is -2.38. The van der Waals surface area contributed by atoms with Crippen LogP contribution in [0.2, 0.25) is 5.15 Å². The Morgan fingerprint density at radius 3 is 2.59 bits per heavy atom. The minimum atomic E-state index is -4.74. The molecule has 0 fully saturated rings. The van der Waals surface area contributed by atoms with Crippen molar-refractivity contribution in [2.75, 3.05) is 18.5 Å². The molecule has 0 bridgehead atoms. The number of carbonyl (C=O) groups is 1. The highest BCUT2D eigenvalue weighted by molar-refractivity contribution is 7.93. The molecular weight excluding hydrogens is 405 g/mol. The minimum absolute atomic E-state index is 0.0104. The van der Waals surface area contributed by atoms with E-state index in [1.54, 1.807) is 0 Å². The van der Waals surface area contributed by atoms with Crippen LogP contribution in [0.25, 0.3) is 5.65 Å². The van der Waals surface area contributed by atoms with Crippen molar-refractivity contribution in [3.63, 3.8) is 0 Å². The monoisotopic (exact) mass is 415 g/mol. The van der Waals surface area contributed by atoms with Crippen LogP contribution in [-0.2, 0) is 14.8 Å². The van der Waals surface area contributed by atoms with E-state index in [2.05, 4.69) is 19.8 Å². The summed E-state index contributed by atoms with van der Waals surface area (Å²) in [4.78, 5) is 19.8. The fraction of sp³-hybridized carbons (Fsp3) is 0.143. The van der Waals surface area contributed by atoms with E-state index in [1.165, 1.54) is 25.3 Å². The van der Waals surface area contributed by atoms with E-state index in [1.807, 2.05) is 0 Å². The molecule has 0 atom stereocenters. The number of aromatic nitrogens is 4. The smallest absolute Gasteiger partial charge is 0.428 e. The van der Waals surface area contributed by atoms with Gasteiger partial charge in [0.05, 0.1) is 19.9 Å². The topological polar surface area (TPSA) is 116 Å². The number of rotatable bonds is 4. The Hall–Kier alpha value is -2.99. The zero-order valence-electron chi connectivity index (χ0n) is 13.8. The van der Waals surface area contributed by atoms with E-state index in [-0.39, 0.29) is 21.1 Å². The van der Waals surface area contributed by atoms with Crippen molar-refractivity contribution in [2.45, 2.75) is 5.16 Å². The molecule has 0 aliphatic heterocycles. The minimum Gasteiger partial charge on any atom is -0.467 e. The van der Waals surface area contributed by atoms with Gasteiger partial charge < -0.3 is 9.47 Å². The van der Waals surface area contributed by atoms with E-state index in [0.29, 0.717) is 0 Å². The molecule has 142 valence electrons. The zero-order valence-corrected chi connectivity index (χ0v) is 15.4. The second kappa shape index (κ2) is 6.96. The molecule has 2 heterocycles. The van der Waals surface area contributed by atoms with Crippen molar-refractivity contribution in [1.82, 2.24) is 19.6 Å². The van der Waals surface area contributed by atoms with Gasteiger partial charge in [-0.3, -0.25) is 0 Å². The lowest BCUT2D eigenvalue weighted by Gasteiger charge is -2.19. The molecule has 1 aromatic carbocycles. The molecule has 0 radical (unpaired) electrons. The lowest BCUT2D eigenvalue weighted by molar-refractivity contribution is 0.183.